The van der Waals surface area contributed by atoms with E-state index >= 15 is 0 Å². The summed E-state index contributed by atoms with van der Waals surface area (Å²) >= 11 is 0. The Hall–Kier alpha value is -1.00. The molecule has 1 aliphatic rings. The van der Waals surface area contributed by atoms with Gasteiger partial charge in [-0.15, -0.1) is 0 Å². The summed E-state index contributed by atoms with van der Waals surface area (Å²) in [5.41, 5.74) is 0.727. The van der Waals surface area contributed by atoms with Gasteiger partial charge in [0.15, 0.2) is 5.82 Å². The lowest BCUT2D eigenvalue weighted by atomic mass is 10.1. The molecule has 0 aliphatic heterocycles. The number of nitrogens with zero attached hydrogens (tertiary/aromatic N) is 2. The fourth-order valence-corrected chi connectivity index (χ4v) is 1.73. The van der Waals surface area contributed by atoms with Gasteiger partial charge in [0.25, 0.3) is 0 Å². The maximum absolute atomic E-state index is 5.62. The third-order valence-corrected chi connectivity index (χ3v) is 2.92. The second kappa shape index (κ2) is 5.10. The van der Waals surface area contributed by atoms with Gasteiger partial charge in [-0.25, -0.2) is 9.97 Å². The van der Waals surface area contributed by atoms with Gasteiger partial charge >= 0.3 is 0 Å². The Balaban J connectivity index is 1.95. The van der Waals surface area contributed by atoms with E-state index in [9.17, 15) is 0 Å². The summed E-state index contributed by atoms with van der Waals surface area (Å²) in [6.07, 6.45) is 6.38. The Morgan fingerprint density at radius 3 is 2.53 bits per heavy atom. The Kier molecular flexibility index (Phi) is 3.74. The fraction of sp³-hybridized carbons (Fsp3) is 0.692. The summed E-state index contributed by atoms with van der Waals surface area (Å²) in [7, 11) is 0. The second-order valence-electron chi connectivity index (χ2n) is 5.01. The van der Waals surface area contributed by atoms with Crippen LogP contribution in [0.3, 0.4) is 0 Å². The molecule has 17 heavy (non-hydrogen) atoms. The van der Waals surface area contributed by atoms with Crippen LogP contribution < -0.4 is 5.32 Å². The summed E-state index contributed by atoms with van der Waals surface area (Å²) in [6.45, 7) is 7.50. The molecule has 0 atom stereocenters. The minimum Gasteiger partial charge on any atom is -0.368 e. The molecule has 0 bridgehead atoms. The first-order valence-corrected chi connectivity index (χ1v) is 6.30. The van der Waals surface area contributed by atoms with Gasteiger partial charge in [0, 0.05) is 37.2 Å². The van der Waals surface area contributed by atoms with Crippen molar-refractivity contribution in [1.29, 1.82) is 0 Å². The largest absolute Gasteiger partial charge is 0.368 e. The van der Waals surface area contributed by atoms with Crippen LogP contribution in [0.15, 0.2) is 12.4 Å². The highest BCUT2D eigenvalue weighted by molar-refractivity contribution is 5.08. The van der Waals surface area contributed by atoms with Gasteiger partial charge in [0.2, 0.25) is 0 Å². The molecule has 1 N–H and O–H groups in total. The molecule has 0 spiro atoms. The normalized spacial score (nSPS) is 16.2. The maximum atomic E-state index is 5.62. The van der Waals surface area contributed by atoms with Crippen molar-refractivity contribution in [2.24, 2.45) is 0 Å². The monoisotopic (exact) mass is 235 g/mol. The second-order valence-corrected chi connectivity index (χ2v) is 5.01. The number of hydrogen-bond donors (Lipinski definition) is 1. The lowest BCUT2D eigenvalue weighted by Crippen LogP contribution is -2.25. The van der Waals surface area contributed by atoms with Crippen molar-refractivity contribution in [1.82, 2.24) is 15.3 Å². The van der Waals surface area contributed by atoms with E-state index in [1.54, 1.807) is 0 Å². The summed E-state index contributed by atoms with van der Waals surface area (Å²) in [5, 5.41) is 3.44. The summed E-state index contributed by atoms with van der Waals surface area (Å²) in [4.78, 5) is 8.78. The predicted molar refractivity (Wildman–Crippen MR) is 66.5 cm³/mol. The molecule has 94 valence electrons. The average molecular weight is 235 g/mol. The molecule has 1 aliphatic carbocycles. The molecule has 1 saturated carbocycles. The number of nitrogens with one attached hydrogen (secondary N) is 1. The van der Waals surface area contributed by atoms with E-state index in [1.165, 1.54) is 12.8 Å². The van der Waals surface area contributed by atoms with Crippen LogP contribution in [0.25, 0.3) is 0 Å². The van der Waals surface area contributed by atoms with E-state index in [1.807, 2.05) is 33.2 Å². The van der Waals surface area contributed by atoms with Crippen molar-refractivity contribution in [3.05, 3.63) is 23.8 Å². The van der Waals surface area contributed by atoms with E-state index in [0.717, 1.165) is 24.0 Å². The van der Waals surface area contributed by atoms with Crippen LogP contribution in [-0.2, 0) is 16.9 Å². The van der Waals surface area contributed by atoms with Crippen molar-refractivity contribution in [3.63, 3.8) is 0 Å². The first-order valence-electron chi connectivity index (χ1n) is 6.30. The minimum absolute atomic E-state index is 0.406. The lowest BCUT2D eigenvalue weighted by Gasteiger charge is -2.22. The van der Waals surface area contributed by atoms with Gasteiger partial charge in [-0.1, -0.05) is 0 Å². The SMILES string of the molecule is CCOC(C)(C)c1ncc(CNC2CC2)cn1. The standard InChI is InChI=1S/C13H21N3O/c1-4-17-13(2,3)12-15-8-10(9-16-12)7-14-11-5-6-11/h8-9,11,14H,4-7H2,1-3H3. The molecule has 1 aromatic rings. The topological polar surface area (TPSA) is 47.0 Å². The van der Waals surface area contributed by atoms with Gasteiger partial charge in [0.1, 0.15) is 5.60 Å². The Morgan fingerprint density at radius 2 is 2.00 bits per heavy atom. The molecule has 0 amide bonds. The van der Waals surface area contributed by atoms with Crippen LogP contribution in [0.1, 0.15) is 45.0 Å². The van der Waals surface area contributed by atoms with Crippen LogP contribution >= 0.6 is 0 Å². The van der Waals surface area contributed by atoms with Crippen molar-refractivity contribution in [3.8, 4) is 0 Å². The van der Waals surface area contributed by atoms with Crippen LogP contribution in [0.5, 0.6) is 0 Å². The Bertz CT molecular complexity index is 357. The zero-order valence-electron chi connectivity index (χ0n) is 10.9. The quantitative estimate of drug-likeness (QED) is 0.819. The Morgan fingerprint density at radius 1 is 1.35 bits per heavy atom. The molecule has 4 nitrogen and oxygen atoms in total. The number of hydrogen-bond acceptors (Lipinski definition) is 4. The van der Waals surface area contributed by atoms with Crippen molar-refractivity contribution in [2.75, 3.05) is 6.61 Å². The predicted octanol–water partition coefficient (Wildman–Crippen LogP) is 2.00. The molecule has 0 radical (unpaired) electrons. The highest BCUT2D eigenvalue weighted by Gasteiger charge is 2.24. The molecule has 0 aromatic carbocycles. The molecule has 2 rings (SSSR count). The molecule has 1 heterocycles. The van der Waals surface area contributed by atoms with Gasteiger partial charge in [-0.3, -0.25) is 0 Å². The average Bonchev–Trinajstić information content (AvgIpc) is 3.11. The first-order chi connectivity index (χ1) is 8.12. The van der Waals surface area contributed by atoms with Gasteiger partial charge in [-0.05, 0) is 33.6 Å². The van der Waals surface area contributed by atoms with E-state index in [-0.39, 0.29) is 0 Å². The first kappa shape index (κ1) is 12.5. The molecule has 0 unspecified atom stereocenters. The van der Waals surface area contributed by atoms with Crippen molar-refractivity contribution >= 4 is 0 Å². The highest BCUT2D eigenvalue weighted by atomic mass is 16.5. The van der Waals surface area contributed by atoms with Crippen LogP contribution in [0.2, 0.25) is 0 Å². The van der Waals surface area contributed by atoms with Crippen molar-refractivity contribution < 1.29 is 4.74 Å². The summed E-state index contributed by atoms with van der Waals surface area (Å²) in [5.74, 6) is 0.745. The maximum Gasteiger partial charge on any atom is 0.159 e. The number of rotatable bonds is 6. The summed E-state index contributed by atoms with van der Waals surface area (Å²) in [6, 6.07) is 0.717. The van der Waals surface area contributed by atoms with E-state index in [2.05, 4.69) is 15.3 Å². The van der Waals surface area contributed by atoms with E-state index < -0.39 is 5.60 Å². The molecule has 1 fully saturated rings. The number of ether oxygens (including phenoxy) is 1. The van der Waals surface area contributed by atoms with Crippen molar-refractivity contribution in [2.45, 2.75) is 51.8 Å². The van der Waals surface area contributed by atoms with Crippen LogP contribution in [0.4, 0.5) is 0 Å². The molecule has 1 aromatic heterocycles. The minimum atomic E-state index is -0.406. The third kappa shape index (κ3) is 3.48. The highest BCUT2D eigenvalue weighted by Crippen LogP contribution is 2.21. The van der Waals surface area contributed by atoms with Gasteiger partial charge in [-0.2, -0.15) is 0 Å². The van der Waals surface area contributed by atoms with E-state index in [0.29, 0.717) is 6.61 Å². The zero-order chi connectivity index (χ0) is 12.3. The molecule has 0 saturated heterocycles. The number of aromatic nitrogens is 2. The lowest BCUT2D eigenvalue weighted by molar-refractivity contribution is -0.0208. The molecule has 4 heteroatoms. The smallest absolute Gasteiger partial charge is 0.159 e. The zero-order valence-corrected chi connectivity index (χ0v) is 10.9. The van der Waals surface area contributed by atoms with Crippen LogP contribution in [0, 0.1) is 0 Å². The van der Waals surface area contributed by atoms with Gasteiger partial charge < -0.3 is 10.1 Å². The van der Waals surface area contributed by atoms with Gasteiger partial charge in [0.05, 0.1) is 0 Å². The third-order valence-electron chi connectivity index (χ3n) is 2.92. The van der Waals surface area contributed by atoms with E-state index in [4.69, 9.17) is 4.74 Å². The summed E-state index contributed by atoms with van der Waals surface area (Å²) < 4.78 is 5.62. The Labute approximate surface area is 103 Å². The molecular weight excluding hydrogens is 214 g/mol. The fourth-order valence-electron chi connectivity index (χ4n) is 1.73. The van der Waals surface area contributed by atoms with Crippen LogP contribution in [-0.4, -0.2) is 22.6 Å². The molecular formula is C13H21N3O.